The summed E-state index contributed by atoms with van der Waals surface area (Å²) in [7, 11) is -3.59. The molecule has 2 aliphatic heterocycles. The molecule has 2 saturated heterocycles. The molecule has 3 rings (SSSR count). The summed E-state index contributed by atoms with van der Waals surface area (Å²) in [5, 5.41) is 12.0. The highest BCUT2D eigenvalue weighted by Gasteiger charge is 2.39. The van der Waals surface area contributed by atoms with Crippen LogP contribution in [0.3, 0.4) is 0 Å². The summed E-state index contributed by atoms with van der Waals surface area (Å²) in [5.41, 5.74) is 0. The van der Waals surface area contributed by atoms with Crippen molar-refractivity contribution in [3.63, 3.8) is 0 Å². The average Bonchev–Trinajstić information content (AvgIpc) is 3.14. The fourth-order valence-corrected chi connectivity index (χ4v) is 4.91. The van der Waals surface area contributed by atoms with Crippen LogP contribution in [0.15, 0.2) is 21.7 Å². The Labute approximate surface area is 133 Å². The van der Waals surface area contributed by atoms with Gasteiger partial charge in [-0.2, -0.15) is 0 Å². The lowest BCUT2D eigenvalue weighted by Crippen LogP contribution is -2.48. The number of nitrogens with one attached hydrogen (secondary N) is 1. The Morgan fingerprint density at radius 1 is 1.41 bits per heavy atom. The van der Waals surface area contributed by atoms with E-state index in [-0.39, 0.29) is 16.9 Å². The number of thiophene rings is 1. The molecule has 0 saturated carbocycles. The van der Waals surface area contributed by atoms with Gasteiger partial charge >= 0.3 is 0 Å². The molecule has 0 amide bonds. The Bertz CT molecular complexity index is 571. The van der Waals surface area contributed by atoms with Crippen LogP contribution in [0.5, 0.6) is 0 Å². The third-order valence-corrected chi connectivity index (χ3v) is 6.78. The average molecular weight is 348 g/mol. The number of hydrogen-bond donors (Lipinski definition) is 2. The van der Waals surface area contributed by atoms with Gasteiger partial charge in [0.15, 0.2) is 0 Å². The number of morpholine rings is 1. The lowest BCUT2D eigenvalue weighted by Gasteiger charge is -2.29. The summed E-state index contributed by atoms with van der Waals surface area (Å²) in [6, 6.07) is 2.61. The van der Waals surface area contributed by atoms with E-state index in [1.165, 1.54) is 0 Å². The molecule has 1 aromatic heterocycles. The topological polar surface area (TPSA) is 88.1 Å². The summed E-state index contributed by atoms with van der Waals surface area (Å²) in [4.78, 5) is 2.16. The quantitative estimate of drug-likeness (QED) is 0.745. The highest BCUT2D eigenvalue weighted by Crippen LogP contribution is 2.21. The van der Waals surface area contributed by atoms with E-state index in [1.807, 2.05) is 0 Å². The van der Waals surface area contributed by atoms with E-state index in [0.29, 0.717) is 19.8 Å². The maximum atomic E-state index is 12.2. The van der Waals surface area contributed by atoms with E-state index in [1.54, 1.807) is 17.5 Å². The summed E-state index contributed by atoms with van der Waals surface area (Å²) >= 11 is 1.15. The first-order valence-electron chi connectivity index (χ1n) is 7.22. The van der Waals surface area contributed by atoms with Crippen molar-refractivity contribution in [2.75, 3.05) is 39.5 Å². The Morgan fingerprint density at radius 2 is 2.18 bits per heavy atom. The first-order valence-corrected chi connectivity index (χ1v) is 9.58. The lowest BCUT2D eigenvalue weighted by molar-refractivity contribution is -0.0179. The number of ether oxygens (including phenoxy) is 2. The van der Waals surface area contributed by atoms with Crippen molar-refractivity contribution < 1.29 is 23.0 Å². The Hall–Kier alpha value is -0.550. The number of sulfonamides is 1. The van der Waals surface area contributed by atoms with E-state index in [2.05, 4.69) is 9.62 Å². The molecule has 3 heterocycles. The van der Waals surface area contributed by atoms with Crippen molar-refractivity contribution in [1.29, 1.82) is 0 Å². The van der Waals surface area contributed by atoms with Gasteiger partial charge in [-0.15, -0.1) is 11.3 Å². The fourth-order valence-electron chi connectivity index (χ4n) is 2.66. The first-order chi connectivity index (χ1) is 10.6. The van der Waals surface area contributed by atoms with E-state index in [4.69, 9.17) is 9.47 Å². The second-order valence-electron chi connectivity index (χ2n) is 5.44. The predicted octanol–water partition coefficient (Wildman–Crippen LogP) is -0.513. The van der Waals surface area contributed by atoms with E-state index in [0.717, 1.165) is 24.4 Å². The van der Waals surface area contributed by atoms with Gasteiger partial charge in [-0.3, -0.25) is 4.90 Å². The zero-order valence-electron chi connectivity index (χ0n) is 12.1. The van der Waals surface area contributed by atoms with Crippen LogP contribution in [0.1, 0.15) is 0 Å². The van der Waals surface area contributed by atoms with Gasteiger partial charge in [0.05, 0.1) is 38.1 Å². The molecule has 0 aliphatic carbocycles. The second kappa shape index (κ2) is 6.91. The summed E-state index contributed by atoms with van der Waals surface area (Å²) in [5.74, 6) is 0. The molecular formula is C13H20N2O5S2. The van der Waals surface area contributed by atoms with Crippen LogP contribution >= 0.6 is 11.3 Å². The standard InChI is InChI=1S/C13H20N2O5S2/c16-13-10(14-22(17,18)12-2-1-7-21-12)9-20-11(13)8-15-3-5-19-6-4-15/h1-2,7,10-11,13-14,16H,3-6,8-9H2/t10-,11-,13+/m0/s1. The van der Waals surface area contributed by atoms with Crippen molar-refractivity contribution in [3.8, 4) is 0 Å². The number of nitrogens with zero attached hydrogens (tertiary/aromatic N) is 1. The van der Waals surface area contributed by atoms with Crippen molar-refractivity contribution in [1.82, 2.24) is 9.62 Å². The molecule has 0 aromatic carbocycles. The highest BCUT2D eigenvalue weighted by molar-refractivity contribution is 7.91. The summed E-state index contributed by atoms with van der Waals surface area (Å²) in [6.45, 7) is 3.73. The van der Waals surface area contributed by atoms with Crippen molar-refractivity contribution in [3.05, 3.63) is 17.5 Å². The minimum absolute atomic E-state index is 0.181. The molecule has 2 N–H and O–H groups in total. The monoisotopic (exact) mass is 348 g/mol. The van der Waals surface area contributed by atoms with Gasteiger partial charge in [-0.1, -0.05) is 6.07 Å². The van der Waals surface area contributed by atoms with Gasteiger partial charge < -0.3 is 14.6 Å². The van der Waals surface area contributed by atoms with Crippen LogP contribution in [0.25, 0.3) is 0 Å². The van der Waals surface area contributed by atoms with Gasteiger partial charge in [0.25, 0.3) is 0 Å². The van der Waals surface area contributed by atoms with Crippen LogP contribution in [-0.4, -0.2) is 76.1 Å². The van der Waals surface area contributed by atoms with Gasteiger partial charge in [0.2, 0.25) is 10.0 Å². The van der Waals surface area contributed by atoms with Crippen molar-refractivity contribution in [2.45, 2.75) is 22.5 Å². The first kappa shape index (κ1) is 16.3. The van der Waals surface area contributed by atoms with Crippen LogP contribution in [0, 0.1) is 0 Å². The minimum atomic E-state index is -3.59. The molecule has 2 aliphatic rings. The Morgan fingerprint density at radius 3 is 2.86 bits per heavy atom. The van der Waals surface area contributed by atoms with Crippen LogP contribution in [0.2, 0.25) is 0 Å². The van der Waals surface area contributed by atoms with Gasteiger partial charge in [-0.05, 0) is 11.4 Å². The highest BCUT2D eigenvalue weighted by atomic mass is 32.2. The lowest BCUT2D eigenvalue weighted by atomic mass is 10.1. The molecule has 2 fully saturated rings. The summed E-state index contributed by atoms with van der Waals surface area (Å²) < 4.78 is 38.1. The molecule has 124 valence electrons. The smallest absolute Gasteiger partial charge is 0.250 e. The molecule has 22 heavy (non-hydrogen) atoms. The molecule has 9 heteroatoms. The van der Waals surface area contributed by atoms with E-state index in [9.17, 15) is 13.5 Å². The Balaban J connectivity index is 1.58. The van der Waals surface area contributed by atoms with Crippen LogP contribution < -0.4 is 4.72 Å². The third-order valence-electron chi connectivity index (χ3n) is 3.89. The van der Waals surface area contributed by atoms with Gasteiger partial charge in [-0.25, -0.2) is 13.1 Å². The molecule has 1 aromatic rings. The number of rotatable bonds is 5. The second-order valence-corrected chi connectivity index (χ2v) is 8.32. The predicted molar refractivity (Wildman–Crippen MR) is 81.4 cm³/mol. The normalized spacial score (nSPS) is 30.7. The molecule has 0 spiro atoms. The zero-order chi connectivity index (χ0) is 15.6. The third kappa shape index (κ3) is 3.67. The molecule has 0 bridgehead atoms. The molecule has 7 nitrogen and oxygen atoms in total. The molecule has 3 atom stereocenters. The largest absolute Gasteiger partial charge is 0.389 e. The zero-order valence-corrected chi connectivity index (χ0v) is 13.7. The number of aliphatic hydroxyl groups is 1. The van der Waals surface area contributed by atoms with E-state index >= 15 is 0 Å². The number of aliphatic hydroxyl groups excluding tert-OH is 1. The fraction of sp³-hybridized carbons (Fsp3) is 0.692. The maximum Gasteiger partial charge on any atom is 0.250 e. The summed E-state index contributed by atoms with van der Waals surface area (Å²) in [6.07, 6.45) is -1.23. The molecule has 0 unspecified atom stereocenters. The van der Waals surface area contributed by atoms with Gasteiger partial charge in [0.1, 0.15) is 4.21 Å². The van der Waals surface area contributed by atoms with Crippen molar-refractivity contribution >= 4 is 21.4 Å². The van der Waals surface area contributed by atoms with Crippen LogP contribution in [0.4, 0.5) is 0 Å². The SMILES string of the molecule is O=S(=O)(N[C@H]1CO[C@@H](CN2CCOCC2)[C@@H]1O)c1cccs1. The van der Waals surface area contributed by atoms with Gasteiger partial charge in [0, 0.05) is 19.6 Å². The molecule has 0 radical (unpaired) electrons. The Kier molecular flexibility index (Phi) is 5.13. The molecular weight excluding hydrogens is 328 g/mol. The van der Waals surface area contributed by atoms with Crippen LogP contribution in [-0.2, 0) is 19.5 Å². The number of hydrogen-bond acceptors (Lipinski definition) is 7. The van der Waals surface area contributed by atoms with E-state index < -0.39 is 22.2 Å². The maximum absolute atomic E-state index is 12.2. The minimum Gasteiger partial charge on any atom is -0.389 e. The van der Waals surface area contributed by atoms with Crippen molar-refractivity contribution in [2.24, 2.45) is 0 Å².